The molecule has 16 heavy (non-hydrogen) atoms. The third kappa shape index (κ3) is 10.2. The number of alkyl halides is 3. The van der Waals surface area contributed by atoms with Crippen molar-refractivity contribution in [1.82, 2.24) is 4.90 Å². The average molecular weight is 242 g/mol. The number of halogens is 3. The van der Waals surface area contributed by atoms with Crippen molar-refractivity contribution in [2.24, 2.45) is 5.73 Å². The molecule has 0 aromatic rings. The van der Waals surface area contributed by atoms with Crippen molar-refractivity contribution in [3.05, 3.63) is 0 Å². The zero-order valence-electron chi connectivity index (χ0n) is 9.72. The van der Waals surface area contributed by atoms with Gasteiger partial charge in [0.1, 0.15) is 6.61 Å². The Morgan fingerprint density at radius 1 is 1.19 bits per heavy atom. The van der Waals surface area contributed by atoms with Crippen molar-refractivity contribution in [2.75, 3.05) is 39.4 Å². The lowest BCUT2D eigenvalue weighted by molar-refractivity contribution is -0.174. The van der Waals surface area contributed by atoms with Crippen molar-refractivity contribution in [2.45, 2.75) is 25.9 Å². The van der Waals surface area contributed by atoms with Crippen LogP contribution in [0.4, 0.5) is 13.2 Å². The van der Waals surface area contributed by atoms with Crippen LogP contribution in [-0.2, 0) is 4.74 Å². The Balaban J connectivity index is 3.41. The quantitative estimate of drug-likeness (QED) is 0.624. The summed E-state index contributed by atoms with van der Waals surface area (Å²) in [6.45, 7) is 4.20. The maximum atomic E-state index is 11.7. The minimum absolute atomic E-state index is 0.151. The van der Waals surface area contributed by atoms with Crippen molar-refractivity contribution < 1.29 is 17.9 Å². The summed E-state index contributed by atoms with van der Waals surface area (Å²) in [5.74, 6) is 0. The van der Waals surface area contributed by atoms with Crippen molar-refractivity contribution in [3.63, 3.8) is 0 Å². The van der Waals surface area contributed by atoms with Gasteiger partial charge in [0.2, 0.25) is 0 Å². The van der Waals surface area contributed by atoms with Gasteiger partial charge in [0.05, 0.1) is 0 Å². The van der Waals surface area contributed by atoms with E-state index < -0.39 is 12.8 Å². The number of hydrogen-bond donors (Lipinski definition) is 1. The Kier molecular flexibility index (Phi) is 8.60. The van der Waals surface area contributed by atoms with Crippen LogP contribution in [0.5, 0.6) is 0 Å². The van der Waals surface area contributed by atoms with Gasteiger partial charge in [0.25, 0.3) is 0 Å². The molecule has 0 heterocycles. The highest BCUT2D eigenvalue weighted by molar-refractivity contribution is 4.56. The largest absolute Gasteiger partial charge is 0.411 e. The van der Waals surface area contributed by atoms with E-state index in [4.69, 9.17) is 5.73 Å². The molecule has 3 nitrogen and oxygen atoms in total. The fourth-order valence-electron chi connectivity index (χ4n) is 1.32. The van der Waals surface area contributed by atoms with Gasteiger partial charge in [0.15, 0.2) is 0 Å². The molecule has 2 N–H and O–H groups in total. The summed E-state index contributed by atoms with van der Waals surface area (Å²) < 4.78 is 39.7. The van der Waals surface area contributed by atoms with E-state index in [1.54, 1.807) is 0 Å². The molecule has 0 aromatic heterocycles. The summed E-state index contributed by atoms with van der Waals surface area (Å²) >= 11 is 0. The molecule has 98 valence electrons. The van der Waals surface area contributed by atoms with Gasteiger partial charge in [-0.2, -0.15) is 13.2 Å². The van der Waals surface area contributed by atoms with Gasteiger partial charge in [-0.05, 0) is 32.5 Å². The predicted molar refractivity (Wildman–Crippen MR) is 57.3 cm³/mol. The van der Waals surface area contributed by atoms with E-state index in [0.717, 1.165) is 26.1 Å². The zero-order valence-corrected chi connectivity index (χ0v) is 9.72. The van der Waals surface area contributed by atoms with E-state index in [2.05, 4.69) is 9.64 Å². The normalized spacial score (nSPS) is 12.4. The fourth-order valence-corrected chi connectivity index (χ4v) is 1.32. The molecule has 0 aliphatic rings. The predicted octanol–water partition coefficient (Wildman–Crippen LogP) is 1.63. The van der Waals surface area contributed by atoms with Gasteiger partial charge in [-0.15, -0.1) is 0 Å². The van der Waals surface area contributed by atoms with Crippen molar-refractivity contribution in [1.29, 1.82) is 0 Å². The first-order valence-electron chi connectivity index (χ1n) is 5.56. The number of rotatable bonds is 9. The lowest BCUT2D eigenvalue weighted by Gasteiger charge is -2.19. The van der Waals surface area contributed by atoms with Crippen LogP contribution in [-0.4, -0.2) is 50.5 Å². The van der Waals surface area contributed by atoms with Crippen LogP contribution >= 0.6 is 0 Å². The molecular weight excluding hydrogens is 221 g/mol. The molecule has 0 saturated heterocycles. The second-order valence-electron chi connectivity index (χ2n) is 3.60. The summed E-state index contributed by atoms with van der Waals surface area (Å²) in [6.07, 6.45) is -2.68. The molecule has 0 amide bonds. The molecular formula is C10H21F3N2O. The van der Waals surface area contributed by atoms with Crippen LogP contribution in [0.25, 0.3) is 0 Å². The second kappa shape index (κ2) is 8.78. The molecule has 0 rings (SSSR count). The molecule has 0 aliphatic heterocycles. The van der Waals surface area contributed by atoms with Gasteiger partial charge in [-0.1, -0.05) is 6.92 Å². The first kappa shape index (κ1) is 15.7. The fraction of sp³-hybridized carbons (Fsp3) is 1.00. The first-order chi connectivity index (χ1) is 7.49. The molecule has 0 aliphatic carbocycles. The highest BCUT2D eigenvalue weighted by atomic mass is 19.4. The molecule has 0 fully saturated rings. The number of nitrogens with two attached hydrogens (primary N) is 1. The topological polar surface area (TPSA) is 38.5 Å². The molecule has 0 atom stereocenters. The molecule has 0 saturated carbocycles. The van der Waals surface area contributed by atoms with Crippen LogP contribution in [0.2, 0.25) is 0 Å². The third-order valence-corrected chi connectivity index (χ3v) is 2.15. The van der Waals surface area contributed by atoms with Crippen LogP contribution in [0.1, 0.15) is 19.8 Å². The number of ether oxygens (including phenoxy) is 1. The van der Waals surface area contributed by atoms with Gasteiger partial charge in [-0.25, -0.2) is 0 Å². The van der Waals surface area contributed by atoms with Gasteiger partial charge < -0.3 is 15.4 Å². The minimum atomic E-state index is -4.22. The Morgan fingerprint density at radius 2 is 1.81 bits per heavy atom. The Hall–Kier alpha value is -0.330. The lowest BCUT2D eigenvalue weighted by atomic mass is 10.3. The second-order valence-corrected chi connectivity index (χ2v) is 3.60. The van der Waals surface area contributed by atoms with Crippen LogP contribution in [0.3, 0.4) is 0 Å². The van der Waals surface area contributed by atoms with E-state index >= 15 is 0 Å². The van der Waals surface area contributed by atoms with Crippen molar-refractivity contribution >= 4 is 0 Å². The Labute approximate surface area is 94.7 Å². The SMILES string of the molecule is CCN(CCCN)CCCOCC(F)(F)F. The summed E-state index contributed by atoms with van der Waals surface area (Å²) in [6, 6.07) is 0. The zero-order chi connectivity index (χ0) is 12.4. The Morgan fingerprint density at radius 3 is 2.31 bits per heavy atom. The van der Waals surface area contributed by atoms with E-state index in [1.165, 1.54) is 0 Å². The maximum Gasteiger partial charge on any atom is 0.411 e. The average Bonchev–Trinajstić information content (AvgIpc) is 2.20. The number of nitrogens with zero attached hydrogens (tertiary/aromatic N) is 1. The molecule has 0 aromatic carbocycles. The van der Waals surface area contributed by atoms with Gasteiger partial charge in [-0.3, -0.25) is 0 Å². The summed E-state index contributed by atoms with van der Waals surface area (Å²) in [4.78, 5) is 2.16. The van der Waals surface area contributed by atoms with Crippen LogP contribution < -0.4 is 5.73 Å². The number of hydrogen-bond acceptors (Lipinski definition) is 3. The lowest BCUT2D eigenvalue weighted by Crippen LogP contribution is -2.28. The Bertz CT molecular complexity index is 165. The molecule has 0 bridgehead atoms. The van der Waals surface area contributed by atoms with E-state index in [-0.39, 0.29) is 6.61 Å². The first-order valence-corrected chi connectivity index (χ1v) is 5.56. The summed E-state index contributed by atoms with van der Waals surface area (Å²) in [5, 5.41) is 0. The standard InChI is InChI=1S/C10H21F3N2O/c1-2-15(6-3-5-14)7-4-8-16-9-10(11,12)13/h2-9,14H2,1H3. The smallest absolute Gasteiger partial charge is 0.372 e. The van der Waals surface area contributed by atoms with Gasteiger partial charge in [0, 0.05) is 13.2 Å². The van der Waals surface area contributed by atoms with E-state index in [9.17, 15) is 13.2 Å². The molecule has 0 radical (unpaired) electrons. The molecule has 0 spiro atoms. The summed E-state index contributed by atoms with van der Waals surface area (Å²) in [5.41, 5.74) is 5.38. The third-order valence-electron chi connectivity index (χ3n) is 2.15. The molecule has 6 heteroatoms. The van der Waals surface area contributed by atoms with Crippen LogP contribution in [0.15, 0.2) is 0 Å². The van der Waals surface area contributed by atoms with E-state index in [0.29, 0.717) is 13.0 Å². The van der Waals surface area contributed by atoms with E-state index in [1.807, 2.05) is 6.92 Å². The maximum absolute atomic E-state index is 11.7. The van der Waals surface area contributed by atoms with Gasteiger partial charge >= 0.3 is 6.18 Å². The van der Waals surface area contributed by atoms with Crippen molar-refractivity contribution in [3.8, 4) is 0 Å². The monoisotopic (exact) mass is 242 g/mol. The molecule has 0 unspecified atom stereocenters. The highest BCUT2D eigenvalue weighted by Gasteiger charge is 2.27. The van der Waals surface area contributed by atoms with Crippen LogP contribution in [0, 0.1) is 0 Å². The highest BCUT2D eigenvalue weighted by Crippen LogP contribution is 2.14. The minimum Gasteiger partial charge on any atom is -0.372 e. The summed E-state index contributed by atoms with van der Waals surface area (Å²) in [7, 11) is 0.